The van der Waals surface area contributed by atoms with Crippen molar-refractivity contribution in [2.24, 2.45) is 7.05 Å². The average molecular weight is 313 g/mol. The Morgan fingerprint density at radius 1 is 1.33 bits per heavy atom. The number of aryl methyl sites for hydroxylation is 1. The zero-order valence-corrected chi connectivity index (χ0v) is 11.5. The summed E-state index contributed by atoms with van der Waals surface area (Å²) in [4.78, 5) is 37.5. The number of thioether (sulfide) groups is 1. The number of H-pyrrole nitrogens is 1. The van der Waals surface area contributed by atoms with Gasteiger partial charge in [0.2, 0.25) is 0 Å². The molecule has 110 valence electrons. The predicted molar refractivity (Wildman–Crippen MR) is 71.5 cm³/mol. The Labute approximate surface area is 120 Å². The number of Topliss-reactive ketones (excluding diaryl/α,β-unsaturated/α-hetero) is 1. The Morgan fingerprint density at radius 3 is 2.71 bits per heavy atom. The molecule has 9 heteroatoms. The number of ketones is 1. The molecule has 1 aromatic carbocycles. The first-order chi connectivity index (χ1) is 9.88. The maximum atomic E-state index is 13.0. The monoisotopic (exact) mass is 313 g/mol. The minimum atomic E-state index is -1.11. The maximum Gasteiger partial charge on any atom is 0.339 e. The van der Waals surface area contributed by atoms with Crippen molar-refractivity contribution in [2.45, 2.75) is 5.16 Å². The van der Waals surface area contributed by atoms with Gasteiger partial charge < -0.3 is 0 Å². The second-order valence-corrected chi connectivity index (χ2v) is 4.98. The van der Waals surface area contributed by atoms with E-state index in [4.69, 9.17) is 0 Å². The third kappa shape index (κ3) is 3.43. The van der Waals surface area contributed by atoms with E-state index in [0.717, 1.165) is 23.9 Å². The van der Waals surface area contributed by atoms with Crippen LogP contribution in [0, 0.1) is 11.6 Å². The van der Waals surface area contributed by atoms with E-state index in [0.29, 0.717) is 0 Å². The molecule has 1 N–H and O–H groups in total. The Balaban J connectivity index is 2.14. The molecule has 2 aromatic rings. The van der Waals surface area contributed by atoms with Crippen molar-refractivity contribution in [1.82, 2.24) is 14.8 Å². The molecule has 2 rings (SSSR count). The molecule has 0 atom stereocenters. The first-order valence-corrected chi connectivity index (χ1v) is 6.65. The highest BCUT2D eigenvalue weighted by atomic mass is 32.2. The minimum absolute atomic E-state index is 0.0100. The van der Waals surface area contributed by atoms with E-state index >= 15 is 0 Å². The highest BCUT2D eigenvalue weighted by Crippen LogP contribution is 2.15. The number of nitrogens with one attached hydrogen (secondary N) is 1. The smallest absolute Gasteiger partial charge is 0.293 e. The van der Waals surface area contributed by atoms with Crippen molar-refractivity contribution in [2.75, 3.05) is 5.75 Å². The van der Waals surface area contributed by atoms with E-state index in [1.165, 1.54) is 17.8 Å². The van der Waals surface area contributed by atoms with Crippen LogP contribution in [0.15, 0.2) is 32.9 Å². The van der Waals surface area contributed by atoms with Crippen LogP contribution < -0.4 is 11.1 Å². The molecule has 0 aliphatic heterocycles. The van der Waals surface area contributed by atoms with Gasteiger partial charge in [-0.1, -0.05) is 11.8 Å². The molecular formula is C12H9F2N3O3S. The molecule has 0 spiro atoms. The number of nitrogens with zero attached hydrogens (tertiary/aromatic N) is 2. The van der Waals surface area contributed by atoms with E-state index in [-0.39, 0.29) is 16.5 Å². The summed E-state index contributed by atoms with van der Waals surface area (Å²) in [5, 5.41) is 2.37. The molecule has 0 saturated carbocycles. The largest absolute Gasteiger partial charge is 0.339 e. The number of hydrogen-bond donors (Lipinski definition) is 1. The third-order valence-electron chi connectivity index (χ3n) is 2.52. The van der Waals surface area contributed by atoms with Gasteiger partial charge in [-0.05, 0) is 18.2 Å². The van der Waals surface area contributed by atoms with Gasteiger partial charge in [-0.15, -0.1) is 0 Å². The van der Waals surface area contributed by atoms with Crippen LogP contribution in [0.1, 0.15) is 10.4 Å². The Bertz CT molecular complexity index is 816. The lowest BCUT2D eigenvalue weighted by atomic mass is 10.1. The number of aromatic amines is 1. The van der Waals surface area contributed by atoms with Crippen LogP contribution in [0.5, 0.6) is 0 Å². The summed E-state index contributed by atoms with van der Waals surface area (Å²) in [7, 11) is 1.46. The number of hydrogen-bond acceptors (Lipinski definition) is 5. The van der Waals surface area contributed by atoms with Crippen LogP contribution in [0.2, 0.25) is 0 Å². The Morgan fingerprint density at radius 2 is 2.05 bits per heavy atom. The van der Waals surface area contributed by atoms with Crippen molar-refractivity contribution < 1.29 is 13.6 Å². The zero-order chi connectivity index (χ0) is 15.6. The third-order valence-corrected chi connectivity index (χ3v) is 3.55. The Hall–Kier alpha value is -2.29. The SMILES string of the molecule is Cn1[nH]c(=O)c(=O)nc1SCC(=O)c1ccc(F)c(F)c1. The fourth-order valence-corrected chi connectivity index (χ4v) is 2.29. The van der Waals surface area contributed by atoms with Crippen LogP contribution in [0.4, 0.5) is 8.78 Å². The zero-order valence-electron chi connectivity index (χ0n) is 10.7. The van der Waals surface area contributed by atoms with Gasteiger partial charge in [-0.3, -0.25) is 24.2 Å². The maximum absolute atomic E-state index is 13.0. The molecule has 0 amide bonds. The lowest BCUT2D eigenvalue weighted by molar-refractivity contribution is 0.102. The lowest BCUT2D eigenvalue weighted by Gasteiger charge is -2.05. The van der Waals surface area contributed by atoms with E-state index < -0.39 is 28.5 Å². The second-order valence-electron chi connectivity index (χ2n) is 4.04. The highest BCUT2D eigenvalue weighted by Gasteiger charge is 2.12. The summed E-state index contributed by atoms with van der Waals surface area (Å²) < 4.78 is 27.0. The van der Waals surface area contributed by atoms with Gasteiger partial charge >= 0.3 is 11.1 Å². The summed E-state index contributed by atoms with van der Waals surface area (Å²) in [6, 6.07) is 2.83. The van der Waals surface area contributed by atoms with Gasteiger partial charge in [-0.25, -0.2) is 8.78 Å². The molecule has 6 nitrogen and oxygen atoms in total. The van der Waals surface area contributed by atoms with Gasteiger partial charge in [0.05, 0.1) is 5.75 Å². The van der Waals surface area contributed by atoms with Crippen LogP contribution in [0.25, 0.3) is 0 Å². The predicted octanol–water partition coefficient (Wildman–Crippen LogP) is 0.722. The first kappa shape index (κ1) is 15.1. The molecule has 1 heterocycles. The van der Waals surface area contributed by atoms with Crippen LogP contribution >= 0.6 is 11.8 Å². The normalized spacial score (nSPS) is 10.6. The van der Waals surface area contributed by atoms with Crippen molar-refractivity contribution >= 4 is 17.5 Å². The molecule has 0 aliphatic rings. The summed E-state index contributed by atoms with van der Waals surface area (Å²) in [6.07, 6.45) is 0. The fraction of sp³-hybridized carbons (Fsp3) is 0.167. The molecule has 0 aliphatic carbocycles. The quantitative estimate of drug-likeness (QED) is 0.511. The number of halogens is 2. The van der Waals surface area contributed by atoms with E-state index in [2.05, 4.69) is 10.1 Å². The molecular weight excluding hydrogens is 304 g/mol. The van der Waals surface area contributed by atoms with Gasteiger partial charge in [0.1, 0.15) is 0 Å². The summed E-state index contributed by atoms with van der Waals surface area (Å²) in [5.41, 5.74) is -1.82. The lowest BCUT2D eigenvalue weighted by Crippen LogP contribution is -2.34. The number of carbonyl (C=O) groups is 1. The van der Waals surface area contributed by atoms with Gasteiger partial charge in [0, 0.05) is 12.6 Å². The van der Waals surface area contributed by atoms with Crippen LogP contribution in [-0.4, -0.2) is 26.3 Å². The number of benzene rings is 1. The molecule has 0 unspecified atom stereocenters. The van der Waals surface area contributed by atoms with Crippen molar-refractivity contribution in [3.63, 3.8) is 0 Å². The number of aromatic nitrogens is 3. The summed E-state index contributed by atoms with van der Waals surface area (Å²) in [5.74, 6) is -2.75. The van der Waals surface area contributed by atoms with Crippen molar-refractivity contribution in [3.05, 3.63) is 56.1 Å². The Kier molecular flexibility index (Phi) is 4.32. The van der Waals surface area contributed by atoms with E-state index in [9.17, 15) is 23.2 Å². The van der Waals surface area contributed by atoms with E-state index in [1.54, 1.807) is 0 Å². The molecule has 0 saturated heterocycles. The number of rotatable bonds is 4. The summed E-state index contributed by atoms with van der Waals surface area (Å²) in [6.45, 7) is 0. The molecule has 0 bridgehead atoms. The van der Waals surface area contributed by atoms with Crippen LogP contribution in [-0.2, 0) is 7.05 Å². The van der Waals surface area contributed by atoms with Gasteiger partial charge in [0.15, 0.2) is 22.6 Å². The average Bonchev–Trinajstić information content (AvgIpc) is 2.44. The highest BCUT2D eigenvalue weighted by molar-refractivity contribution is 7.99. The first-order valence-electron chi connectivity index (χ1n) is 5.67. The van der Waals surface area contributed by atoms with E-state index in [1.807, 2.05) is 0 Å². The standard InChI is InChI=1S/C12H9F2N3O3S/c1-17-12(15-10(19)11(20)16-17)21-5-9(18)6-2-3-7(13)8(14)4-6/h2-4H,5H2,1H3,(H,16,20). The minimum Gasteiger partial charge on any atom is -0.293 e. The van der Waals surface area contributed by atoms with Crippen LogP contribution in [0.3, 0.4) is 0 Å². The molecule has 0 fully saturated rings. The molecule has 0 radical (unpaired) electrons. The van der Waals surface area contributed by atoms with Crippen molar-refractivity contribution in [1.29, 1.82) is 0 Å². The molecule has 21 heavy (non-hydrogen) atoms. The number of carbonyl (C=O) groups excluding carboxylic acids is 1. The summed E-state index contributed by atoms with van der Waals surface area (Å²) >= 11 is 0.899. The van der Waals surface area contributed by atoms with Crippen molar-refractivity contribution in [3.8, 4) is 0 Å². The molecule has 1 aromatic heterocycles. The van der Waals surface area contributed by atoms with Gasteiger partial charge in [0.25, 0.3) is 0 Å². The van der Waals surface area contributed by atoms with Gasteiger partial charge in [-0.2, -0.15) is 4.98 Å². The second kappa shape index (κ2) is 6.00. The topological polar surface area (TPSA) is 84.8 Å². The fourth-order valence-electron chi connectivity index (χ4n) is 1.47.